The van der Waals surface area contributed by atoms with Crippen molar-refractivity contribution in [3.8, 4) is 23.1 Å². The van der Waals surface area contributed by atoms with E-state index in [0.717, 1.165) is 35.0 Å². The van der Waals surface area contributed by atoms with Crippen LogP contribution in [0.5, 0.6) is 5.75 Å². The predicted molar refractivity (Wildman–Crippen MR) is 121 cm³/mol. The third-order valence-corrected chi connectivity index (χ3v) is 5.04. The van der Waals surface area contributed by atoms with Crippen LogP contribution in [0, 0.1) is 11.3 Å². The quantitative estimate of drug-likeness (QED) is 0.449. The SMILES string of the molecule is CCCCNC(=O)Nc1ccc(-c2c(C#N)c3ccc(OCCF)cc3n2CC)cc1. The maximum atomic E-state index is 12.5. The summed E-state index contributed by atoms with van der Waals surface area (Å²) in [5.74, 6) is 0.571. The van der Waals surface area contributed by atoms with Crippen molar-refractivity contribution in [2.45, 2.75) is 33.2 Å². The van der Waals surface area contributed by atoms with Crippen LogP contribution in [0.2, 0.25) is 0 Å². The van der Waals surface area contributed by atoms with Gasteiger partial charge in [-0.15, -0.1) is 0 Å². The molecule has 0 aliphatic heterocycles. The largest absolute Gasteiger partial charge is 0.491 e. The van der Waals surface area contributed by atoms with Crippen LogP contribution in [-0.4, -0.2) is 30.4 Å². The fraction of sp³-hybridized carbons (Fsp3) is 0.333. The lowest BCUT2D eigenvalue weighted by atomic mass is 10.1. The third-order valence-electron chi connectivity index (χ3n) is 5.04. The Morgan fingerprint density at radius 3 is 2.61 bits per heavy atom. The van der Waals surface area contributed by atoms with Gasteiger partial charge in [0.15, 0.2) is 0 Å². The molecule has 3 rings (SSSR count). The Kier molecular flexibility index (Phi) is 7.50. The summed E-state index contributed by atoms with van der Waals surface area (Å²) in [6, 6.07) is 15.0. The van der Waals surface area contributed by atoms with Crippen LogP contribution >= 0.6 is 0 Å². The average molecular weight is 423 g/mol. The number of hydrogen-bond donors (Lipinski definition) is 2. The lowest BCUT2D eigenvalue weighted by Crippen LogP contribution is -2.29. The minimum atomic E-state index is -0.557. The van der Waals surface area contributed by atoms with E-state index in [1.165, 1.54) is 0 Å². The van der Waals surface area contributed by atoms with Crippen LogP contribution in [0.25, 0.3) is 22.2 Å². The number of ether oxygens (including phenoxy) is 1. The van der Waals surface area contributed by atoms with Crippen LogP contribution in [0.1, 0.15) is 32.3 Å². The highest BCUT2D eigenvalue weighted by atomic mass is 19.1. The Bertz CT molecular complexity index is 1080. The van der Waals surface area contributed by atoms with Gasteiger partial charge in [0.05, 0.1) is 16.8 Å². The van der Waals surface area contributed by atoms with Crippen molar-refractivity contribution < 1.29 is 13.9 Å². The Balaban J connectivity index is 1.92. The molecular weight excluding hydrogens is 395 g/mol. The number of aromatic nitrogens is 1. The van der Waals surface area contributed by atoms with Crippen LogP contribution in [0.3, 0.4) is 0 Å². The molecule has 0 aliphatic carbocycles. The van der Waals surface area contributed by atoms with Crippen molar-refractivity contribution in [2.75, 3.05) is 25.1 Å². The van der Waals surface area contributed by atoms with Gasteiger partial charge in [-0.3, -0.25) is 0 Å². The molecule has 0 saturated heterocycles. The van der Waals surface area contributed by atoms with Crippen molar-refractivity contribution in [1.29, 1.82) is 5.26 Å². The lowest BCUT2D eigenvalue weighted by Gasteiger charge is -2.11. The standard InChI is InChI=1S/C24H27FN4O2/c1-3-5-13-27-24(30)28-18-8-6-17(7-9-18)23-21(16-26)20-11-10-19(31-14-12-25)15-22(20)29(23)4-2/h6-11,15H,3-5,12-14H2,1-2H3,(H2,27,28,30). The first-order chi connectivity index (χ1) is 15.1. The number of halogens is 1. The van der Waals surface area contributed by atoms with E-state index in [4.69, 9.17) is 4.74 Å². The number of nitrogens with one attached hydrogen (secondary N) is 2. The van der Waals surface area contributed by atoms with Gasteiger partial charge >= 0.3 is 6.03 Å². The minimum absolute atomic E-state index is 0.00319. The summed E-state index contributed by atoms with van der Waals surface area (Å²) in [5, 5.41) is 16.3. The highest BCUT2D eigenvalue weighted by Gasteiger charge is 2.18. The van der Waals surface area contributed by atoms with Gasteiger partial charge < -0.3 is 19.9 Å². The number of fused-ring (bicyclic) bond motifs is 1. The highest BCUT2D eigenvalue weighted by Crippen LogP contribution is 2.35. The summed E-state index contributed by atoms with van der Waals surface area (Å²) in [5.41, 5.74) is 3.80. The molecule has 0 atom stereocenters. The molecule has 0 unspecified atom stereocenters. The van der Waals surface area contributed by atoms with Gasteiger partial charge in [-0.25, -0.2) is 9.18 Å². The molecule has 2 amide bonds. The van der Waals surface area contributed by atoms with Crippen molar-refractivity contribution >= 4 is 22.6 Å². The molecule has 0 fully saturated rings. The zero-order valence-electron chi connectivity index (χ0n) is 17.9. The summed E-state index contributed by atoms with van der Waals surface area (Å²) in [7, 11) is 0. The molecule has 1 heterocycles. The van der Waals surface area contributed by atoms with Crippen LogP contribution in [-0.2, 0) is 6.54 Å². The molecule has 7 heteroatoms. The Morgan fingerprint density at radius 2 is 1.97 bits per heavy atom. The first-order valence-electron chi connectivity index (χ1n) is 10.5. The summed E-state index contributed by atoms with van der Waals surface area (Å²) in [6.07, 6.45) is 1.95. The Hall–Kier alpha value is -3.53. The second kappa shape index (κ2) is 10.5. The summed E-state index contributed by atoms with van der Waals surface area (Å²) in [6.45, 7) is 4.81. The van der Waals surface area contributed by atoms with E-state index >= 15 is 0 Å². The number of rotatable bonds is 9. The van der Waals surface area contributed by atoms with Crippen molar-refractivity contribution in [3.63, 3.8) is 0 Å². The molecule has 162 valence electrons. The molecule has 0 saturated carbocycles. The number of nitrogens with zero attached hydrogens (tertiary/aromatic N) is 2. The van der Waals surface area contributed by atoms with Crippen molar-refractivity contribution in [1.82, 2.24) is 9.88 Å². The topological polar surface area (TPSA) is 79.1 Å². The summed E-state index contributed by atoms with van der Waals surface area (Å²) in [4.78, 5) is 12.0. The number of nitriles is 1. The van der Waals surface area contributed by atoms with E-state index in [1.54, 1.807) is 6.07 Å². The van der Waals surface area contributed by atoms with Gasteiger partial charge in [0.25, 0.3) is 0 Å². The van der Waals surface area contributed by atoms with E-state index in [0.29, 0.717) is 30.1 Å². The number of alkyl halides is 1. The number of unbranched alkanes of at least 4 members (excludes halogenated alkanes) is 1. The number of hydrogen-bond acceptors (Lipinski definition) is 3. The van der Waals surface area contributed by atoms with Crippen LogP contribution in [0.15, 0.2) is 42.5 Å². The number of urea groups is 1. The first kappa shape index (κ1) is 22.2. The smallest absolute Gasteiger partial charge is 0.319 e. The van der Waals surface area contributed by atoms with E-state index in [1.807, 2.05) is 43.3 Å². The summed E-state index contributed by atoms with van der Waals surface area (Å²) < 4.78 is 19.9. The molecule has 2 aromatic carbocycles. The second-order valence-corrected chi connectivity index (χ2v) is 7.11. The van der Waals surface area contributed by atoms with Crippen molar-refractivity contribution in [3.05, 3.63) is 48.0 Å². The number of amides is 2. The number of aryl methyl sites for hydroxylation is 1. The summed E-state index contributed by atoms with van der Waals surface area (Å²) >= 11 is 0. The first-order valence-corrected chi connectivity index (χ1v) is 10.5. The van der Waals surface area contributed by atoms with Crippen LogP contribution < -0.4 is 15.4 Å². The third kappa shape index (κ3) is 4.97. The molecule has 2 N–H and O–H groups in total. The molecule has 3 aromatic rings. The molecule has 31 heavy (non-hydrogen) atoms. The molecule has 0 aliphatic rings. The molecule has 6 nitrogen and oxygen atoms in total. The van der Waals surface area contributed by atoms with E-state index in [2.05, 4.69) is 28.2 Å². The fourth-order valence-electron chi connectivity index (χ4n) is 3.58. The molecule has 0 bridgehead atoms. The van der Waals surface area contributed by atoms with Gasteiger partial charge in [0, 0.05) is 30.2 Å². The van der Waals surface area contributed by atoms with Gasteiger partial charge in [0.1, 0.15) is 25.1 Å². The maximum Gasteiger partial charge on any atom is 0.319 e. The molecule has 1 aromatic heterocycles. The normalized spacial score (nSPS) is 10.6. The fourth-order valence-corrected chi connectivity index (χ4v) is 3.58. The average Bonchev–Trinajstić information content (AvgIpc) is 3.11. The van der Waals surface area contributed by atoms with E-state index in [-0.39, 0.29) is 12.6 Å². The highest BCUT2D eigenvalue weighted by molar-refractivity contribution is 5.95. The van der Waals surface area contributed by atoms with Gasteiger partial charge in [-0.05, 0) is 43.2 Å². The number of anilines is 1. The predicted octanol–water partition coefficient (Wildman–Crippen LogP) is 5.47. The van der Waals surface area contributed by atoms with Gasteiger partial charge in [-0.2, -0.15) is 5.26 Å². The monoisotopic (exact) mass is 422 g/mol. The molecule has 0 spiro atoms. The van der Waals surface area contributed by atoms with Gasteiger partial charge in [-0.1, -0.05) is 25.5 Å². The zero-order valence-corrected chi connectivity index (χ0v) is 17.9. The number of carbonyl (C=O) groups excluding carboxylic acids is 1. The van der Waals surface area contributed by atoms with Crippen LogP contribution in [0.4, 0.5) is 14.9 Å². The van der Waals surface area contributed by atoms with E-state index < -0.39 is 6.67 Å². The number of carbonyl (C=O) groups is 1. The Labute approximate surface area is 181 Å². The number of benzene rings is 2. The zero-order chi connectivity index (χ0) is 22.2. The lowest BCUT2D eigenvalue weighted by molar-refractivity contribution is 0.252. The second-order valence-electron chi connectivity index (χ2n) is 7.11. The molecule has 0 radical (unpaired) electrons. The Morgan fingerprint density at radius 1 is 1.19 bits per heavy atom. The minimum Gasteiger partial charge on any atom is -0.491 e. The van der Waals surface area contributed by atoms with E-state index in [9.17, 15) is 14.4 Å². The van der Waals surface area contributed by atoms with Gasteiger partial charge in [0.2, 0.25) is 0 Å². The molecular formula is C24H27FN4O2. The van der Waals surface area contributed by atoms with Crippen molar-refractivity contribution in [2.24, 2.45) is 0 Å². The maximum absolute atomic E-state index is 12.5.